The van der Waals surface area contributed by atoms with E-state index in [1.165, 1.54) is 0 Å². The molecule has 11 nitrogen and oxygen atoms in total. The van der Waals surface area contributed by atoms with Crippen molar-refractivity contribution in [2.45, 2.75) is 90.6 Å². The summed E-state index contributed by atoms with van der Waals surface area (Å²) in [5.41, 5.74) is 1.82. The first-order valence-electron chi connectivity index (χ1n) is 13.7. The Hall–Kier alpha value is -2.83. The summed E-state index contributed by atoms with van der Waals surface area (Å²) in [6.07, 6.45) is 4.96. The van der Waals surface area contributed by atoms with E-state index >= 15 is 0 Å². The fourth-order valence-electron chi connectivity index (χ4n) is 4.48. The van der Waals surface area contributed by atoms with Crippen molar-refractivity contribution < 1.29 is 14.3 Å². The van der Waals surface area contributed by atoms with Crippen LogP contribution in [0.1, 0.15) is 39.3 Å². The number of rotatable bonds is 10. The number of ether oxygens (including phenoxy) is 2. The number of hydrogen-bond acceptors (Lipinski definition) is 8. The van der Waals surface area contributed by atoms with Gasteiger partial charge in [-0.15, -0.1) is 0 Å². The molecule has 3 aromatic heterocycles. The predicted molar refractivity (Wildman–Crippen MR) is 162 cm³/mol. The molecular formula is C27H43ClN8O3Si. The molecule has 0 aromatic carbocycles. The van der Waals surface area contributed by atoms with Crippen molar-refractivity contribution in [2.75, 3.05) is 24.3 Å². The number of aryl methyl sites for hydroxylation is 2. The lowest BCUT2D eigenvalue weighted by Crippen LogP contribution is -2.51. The van der Waals surface area contributed by atoms with E-state index in [4.69, 9.17) is 31.0 Å². The van der Waals surface area contributed by atoms with E-state index in [9.17, 15) is 4.79 Å². The van der Waals surface area contributed by atoms with E-state index < -0.39 is 13.7 Å². The van der Waals surface area contributed by atoms with Gasteiger partial charge >= 0.3 is 6.09 Å². The average Bonchev–Trinajstić information content (AvgIpc) is 3.28. The lowest BCUT2D eigenvalue weighted by atomic mass is 9.86. The molecule has 3 heterocycles. The number of carbonyl (C=O) groups is 1. The van der Waals surface area contributed by atoms with Crippen LogP contribution in [0, 0.1) is 6.92 Å². The smallest absolute Gasteiger partial charge is 0.410 e. The maximum Gasteiger partial charge on any atom is 0.410 e. The number of fused-ring (bicyclic) bond motifs is 1. The van der Waals surface area contributed by atoms with E-state index in [0.29, 0.717) is 35.8 Å². The van der Waals surface area contributed by atoms with Crippen molar-refractivity contribution in [3.63, 3.8) is 0 Å². The molecule has 1 aliphatic carbocycles. The Bertz CT molecular complexity index is 1350. The fraction of sp³-hybridized carbons (Fsp3) is 0.630. The number of halogens is 1. The first-order valence-corrected chi connectivity index (χ1v) is 17.8. The SMILES string of the molecule is Cc1nn(C)cc1Nc1nc(NC2CC(N(C)C(=O)OC(C)(C)C)C2)c2c(Cl)cn(COCC[Si](C)(C)C)c2n1. The van der Waals surface area contributed by atoms with Gasteiger partial charge < -0.3 is 29.6 Å². The van der Waals surface area contributed by atoms with E-state index in [2.05, 4.69) is 35.4 Å². The third-order valence-electron chi connectivity index (χ3n) is 6.84. The molecule has 1 amide bonds. The molecule has 0 spiro atoms. The summed E-state index contributed by atoms with van der Waals surface area (Å²) in [5.74, 6) is 1.08. The van der Waals surface area contributed by atoms with Gasteiger partial charge in [-0.2, -0.15) is 15.1 Å². The highest BCUT2D eigenvalue weighted by Gasteiger charge is 2.36. The van der Waals surface area contributed by atoms with Crippen molar-refractivity contribution in [3.8, 4) is 0 Å². The highest BCUT2D eigenvalue weighted by atomic mass is 35.5. The Morgan fingerprint density at radius 3 is 2.52 bits per heavy atom. The monoisotopic (exact) mass is 590 g/mol. The minimum atomic E-state index is -1.20. The summed E-state index contributed by atoms with van der Waals surface area (Å²) in [7, 11) is 2.46. The lowest BCUT2D eigenvalue weighted by molar-refractivity contribution is 0.0132. The van der Waals surface area contributed by atoms with Crippen LogP contribution in [-0.4, -0.2) is 74.7 Å². The summed E-state index contributed by atoms with van der Waals surface area (Å²) in [4.78, 5) is 23.8. The summed E-state index contributed by atoms with van der Waals surface area (Å²) < 4.78 is 15.2. The van der Waals surface area contributed by atoms with Gasteiger partial charge in [-0.25, -0.2) is 4.79 Å². The van der Waals surface area contributed by atoms with Gasteiger partial charge in [-0.05, 0) is 46.6 Å². The van der Waals surface area contributed by atoms with Crippen molar-refractivity contribution in [1.29, 1.82) is 0 Å². The summed E-state index contributed by atoms with van der Waals surface area (Å²) in [5, 5.41) is 12.6. The first kappa shape index (κ1) is 30.1. The Kier molecular flexibility index (Phi) is 8.72. The van der Waals surface area contributed by atoms with E-state index in [1.54, 1.807) is 16.6 Å². The zero-order chi connectivity index (χ0) is 29.4. The molecule has 0 unspecified atom stereocenters. The van der Waals surface area contributed by atoms with Crippen LogP contribution in [0.3, 0.4) is 0 Å². The molecule has 0 radical (unpaired) electrons. The summed E-state index contributed by atoms with van der Waals surface area (Å²) in [6.45, 7) is 15.6. The van der Waals surface area contributed by atoms with Gasteiger partial charge in [0.05, 0.1) is 21.8 Å². The first-order chi connectivity index (χ1) is 18.6. The van der Waals surface area contributed by atoms with Gasteiger partial charge in [0.25, 0.3) is 0 Å². The highest BCUT2D eigenvalue weighted by molar-refractivity contribution is 6.76. The molecule has 40 heavy (non-hydrogen) atoms. The summed E-state index contributed by atoms with van der Waals surface area (Å²) >= 11 is 6.74. The van der Waals surface area contributed by atoms with Crippen LogP contribution in [0.25, 0.3) is 11.0 Å². The maximum atomic E-state index is 12.5. The zero-order valence-corrected chi connectivity index (χ0v) is 26.9. The molecule has 220 valence electrons. The Morgan fingerprint density at radius 1 is 1.23 bits per heavy atom. The minimum Gasteiger partial charge on any atom is -0.444 e. The van der Waals surface area contributed by atoms with Crippen LogP contribution in [0.4, 0.5) is 22.2 Å². The molecule has 1 saturated carbocycles. The lowest BCUT2D eigenvalue weighted by Gasteiger charge is -2.41. The van der Waals surface area contributed by atoms with Crippen molar-refractivity contribution in [2.24, 2.45) is 7.05 Å². The number of amides is 1. The van der Waals surface area contributed by atoms with Gasteiger partial charge in [-0.1, -0.05) is 31.2 Å². The normalized spacial score (nSPS) is 17.6. The molecule has 0 aliphatic heterocycles. The third-order valence-corrected chi connectivity index (χ3v) is 8.83. The van der Waals surface area contributed by atoms with Crippen LogP contribution < -0.4 is 10.6 Å². The molecule has 1 aliphatic rings. The second kappa shape index (κ2) is 11.6. The molecule has 2 N–H and O–H groups in total. The maximum absolute atomic E-state index is 12.5. The third kappa shape index (κ3) is 7.46. The number of nitrogens with one attached hydrogen (secondary N) is 2. The average molecular weight is 591 g/mol. The standard InChI is InChI=1S/C27H43ClN8O3Si/c1-17-21(15-34(5)33-17)30-25-31-23(29-18-12-19(13-18)35(6)26(37)39-27(2,3)4)22-20(28)14-36(24(22)32-25)16-38-10-11-40(7,8)9/h14-15,18-19H,10-13,16H2,1-9H3,(H2,29,30,31,32). The van der Waals surface area contributed by atoms with Crippen LogP contribution in [0.2, 0.25) is 30.7 Å². The molecule has 1 fully saturated rings. The van der Waals surface area contributed by atoms with Crippen LogP contribution in [0.15, 0.2) is 12.4 Å². The quantitative estimate of drug-likeness (QED) is 0.219. The number of nitrogens with zero attached hydrogens (tertiary/aromatic N) is 6. The van der Waals surface area contributed by atoms with E-state index in [1.807, 2.05) is 51.7 Å². The van der Waals surface area contributed by atoms with E-state index in [0.717, 1.165) is 35.7 Å². The Morgan fingerprint density at radius 2 is 1.93 bits per heavy atom. The predicted octanol–water partition coefficient (Wildman–Crippen LogP) is 5.99. The number of hydrogen-bond donors (Lipinski definition) is 2. The van der Waals surface area contributed by atoms with E-state index in [-0.39, 0.29) is 18.2 Å². The number of anilines is 3. The fourth-order valence-corrected chi connectivity index (χ4v) is 5.53. The van der Waals surface area contributed by atoms with Gasteiger partial charge in [-0.3, -0.25) is 4.68 Å². The Labute approximate surface area is 242 Å². The van der Waals surface area contributed by atoms with Crippen LogP contribution in [0.5, 0.6) is 0 Å². The second-order valence-corrected chi connectivity index (χ2v) is 18.9. The minimum absolute atomic E-state index is 0.0835. The Balaban J connectivity index is 1.55. The molecular weight excluding hydrogens is 548 g/mol. The van der Waals surface area contributed by atoms with Gasteiger partial charge in [0.15, 0.2) is 5.65 Å². The van der Waals surface area contributed by atoms with Crippen molar-refractivity contribution >= 4 is 54.3 Å². The molecule has 3 aromatic rings. The number of aromatic nitrogens is 5. The number of carbonyl (C=O) groups excluding carboxylic acids is 1. The van der Waals surface area contributed by atoms with Crippen molar-refractivity contribution in [1.82, 2.24) is 29.2 Å². The van der Waals surface area contributed by atoms with Gasteiger partial charge in [0.2, 0.25) is 5.95 Å². The van der Waals surface area contributed by atoms with Crippen LogP contribution in [-0.2, 0) is 23.3 Å². The molecule has 13 heteroatoms. The zero-order valence-electron chi connectivity index (χ0n) is 25.1. The molecule has 4 rings (SSSR count). The summed E-state index contributed by atoms with van der Waals surface area (Å²) in [6, 6.07) is 1.28. The topological polar surface area (TPSA) is 111 Å². The highest BCUT2D eigenvalue weighted by Crippen LogP contribution is 2.35. The van der Waals surface area contributed by atoms with Gasteiger partial charge in [0, 0.05) is 53.3 Å². The molecule has 0 bridgehead atoms. The largest absolute Gasteiger partial charge is 0.444 e. The second-order valence-electron chi connectivity index (χ2n) is 12.9. The van der Waals surface area contributed by atoms with Crippen LogP contribution >= 0.6 is 11.6 Å². The molecule has 0 saturated heterocycles. The van der Waals surface area contributed by atoms with Crippen molar-refractivity contribution in [3.05, 3.63) is 23.1 Å². The van der Waals surface area contributed by atoms with Gasteiger partial charge in [0.1, 0.15) is 18.1 Å². The molecule has 0 atom stereocenters.